The number of hydrogen-bond donors (Lipinski definition) is 2. The Balaban J connectivity index is 3.11. The minimum atomic E-state index is -4.29. The Labute approximate surface area is 139 Å². The number of carbonyl (C=O) groups is 2. The zero-order valence-corrected chi connectivity index (χ0v) is 14.4. The standard InChI is InChI=1S/C15H20FNO6S/c1-9(2)7-10(14(18)19)8-17-24(21,22)12-6-4-5-11(16)13(12)15(20)23-3/h4-6,9-10,17H,7-8H2,1-3H3,(H,18,19). The molecule has 0 radical (unpaired) electrons. The van der Waals surface area contributed by atoms with Gasteiger partial charge in [0.2, 0.25) is 10.0 Å². The number of rotatable bonds is 8. The van der Waals surface area contributed by atoms with E-state index in [0.29, 0.717) is 0 Å². The molecule has 0 heterocycles. The average Bonchev–Trinajstić information content (AvgIpc) is 2.49. The van der Waals surface area contributed by atoms with Crippen LogP contribution in [-0.4, -0.2) is 39.1 Å². The van der Waals surface area contributed by atoms with Gasteiger partial charge in [-0.2, -0.15) is 0 Å². The molecule has 0 fully saturated rings. The second-order valence-corrected chi connectivity index (χ2v) is 7.36. The summed E-state index contributed by atoms with van der Waals surface area (Å²) in [7, 11) is -3.29. The number of methoxy groups -OCH3 is 1. The van der Waals surface area contributed by atoms with Crippen LogP contribution in [0.3, 0.4) is 0 Å². The maximum absolute atomic E-state index is 13.8. The van der Waals surface area contributed by atoms with Gasteiger partial charge in [-0.15, -0.1) is 0 Å². The van der Waals surface area contributed by atoms with Crippen LogP contribution in [-0.2, 0) is 19.6 Å². The fourth-order valence-electron chi connectivity index (χ4n) is 2.16. The van der Waals surface area contributed by atoms with Crippen molar-refractivity contribution in [3.05, 3.63) is 29.6 Å². The zero-order valence-electron chi connectivity index (χ0n) is 13.6. The molecule has 0 amide bonds. The van der Waals surface area contributed by atoms with Gasteiger partial charge in [-0.25, -0.2) is 22.3 Å². The first-order valence-corrected chi connectivity index (χ1v) is 8.67. The summed E-state index contributed by atoms with van der Waals surface area (Å²) in [5.41, 5.74) is -0.719. The predicted octanol–water partition coefficient (Wildman–Crippen LogP) is 1.64. The number of benzene rings is 1. The summed E-state index contributed by atoms with van der Waals surface area (Å²) < 4.78 is 45.1. The molecule has 0 saturated heterocycles. The molecule has 0 aliphatic heterocycles. The highest BCUT2D eigenvalue weighted by atomic mass is 32.2. The first kappa shape index (κ1) is 20.0. The summed E-state index contributed by atoms with van der Waals surface area (Å²) in [4.78, 5) is 22.2. The van der Waals surface area contributed by atoms with E-state index in [1.165, 1.54) is 0 Å². The normalized spacial score (nSPS) is 12.9. The molecule has 1 aromatic rings. The number of ether oxygens (including phenoxy) is 1. The summed E-state index contributed by atoms with van der Waals surface area (Å²) in [6, 6.07) is 3.12. The molecule has 0 aromatic heterocycles. The fourth-order valence-corrected chi connectivity index (χ4v) is 3.44. The van der Waals surface area contributed by atoms with E-state index in [1.807, 2.05) is 13.8 Å². The Kier molecular flexibility index (Phi) is 6.85. The maximum atomic E-state index is 13.8. The van der Waals surface area contributed by atoms with E-state index in [0.717, 1.165) is 25.3 Å². The van der Waals surface area contributed by atoms with Crippen LogP contribution < -0.4 is 4.72 Å². The summed E-state index contributed by atoms with van der Waals surface area (Å²) in [5, 5.41) is 9.15. The maximum Gasteiger partial charge on any atom is 0.342 e. The van der Waals surface area contributed by atoms with Crippen LogP contribution in [0.1, 0.15) is 30.6 Å². The van der Waals surface area contributed by atoms with Crippen molar-refractivity contribution in [1.82, 2.24) is 4.72 Å². The van der Waals surface area contributed by atoms with Gasteiger partial charge in [-0.3, -0.25) is 4.79 Å². The summed E-state index contributed by atoms with van der Waals surface area (Å²) >= 11 is 0. The molecular weight excluding hydrogens is 341 g/mol. The van der Waals surface area contributed by atoms with Crippen LogP contribution in [0.15, 0.2) is 23.1 Å². The van der Waals surface area contributed by atoms with Crippen molar-refractivity contribution in [1.29, 1.82) is 0 Å². The quantitative estimate of drug-likeness (QED) is 0.681. The Morgan fingerprint density at radius 1 is 1.33 bits per heavy atom. The van der Waals surface area contributed by atoms with Crippen molar-refractivity contribution in [3.63, 3.8) is 0 Å². The first-order chi connectivity index (χ1) is 11.1. The lowest BCUT2D eigenvalue weighted by atomic mass is 9.98. The molecule has 1 unspecified atom stereocenters. The van der Waals surface area contributed by atoms with Gasteiger partial charge >= 0.3 is 11.9 Å². The number of hydrogen-bond acceptors (Lipinski definition) is 5. The number of esters is 1. The molecule has 1 aromatic carbocycles. The van der Waals surface area contributed by atoms with E-state index >= 15 is 0 Å². The summed E-state index contributed by atoms with van der Waals surface area (Å²) in [6.45, 7) is 3.26. The van der Waals surface area contributed by atoms with Crippen molar-refractivity contribution in [2.75, 3.05) is 13.7 Å². The molecule has 2 N–H and O–H groups in total. The van der Waals surface area contributed by atoms with Crippen molar-refractivity contribution < 1.29 is 32.2 Å². The number of sulfonamides is 1. The average molecular weight is 361 g/mol. The van der Waals surface area contributed by atoms with Gasteiger partial charge in [0.15, 0.2) is 0 Å². The minimum Gasteiger partial charge on any atom is -0.481 e. The SMILES string of the molecule is COC(=O)c1c(F)cccc1S(=O)(=O)NCC(CC(C)C)C(=O)O. The fraction of sp³-hybridized carbons (Fsp3) is 0.467. The number of carboxylic acids is 1. The summed E-state index contributed by atoms with van der Waals surface area (Å²) in [5.74, 6) is -4.20. The third kappa shape index (κ3) is 5.00. The molecule has 0 saturated carbocycles. The van der Waals surface area contributed by atoms with Crippen LogP contribution in [0.25, 0.3) is 0 Å². The van der Waals surface area contributed by atoms with Crippen molar-refractivity contribution >= 4 is 22.0 Å². The third-order valence-electron chi connectivity index (χ3n) is 3.28. The molecule has 0 spiro atoms. The predicted molar refractivity (Wildman–Crippen MR) is 83.5 cm³/mol. The molecule has 24 heavy (non-hydrogen) atoms. The Bertz CT molecular complexity index is 717. The van der Waals surface area contributed by atoms with Crippen LogP contribution in [0, 0.1) is 17.7 Å². The van der Waals surface area contributed by atoms with Gasteiger partial charge < -0.3 is 9.84 Å². The molecular formula is C15H20FNO6S. The van der Waals surface area contributed by atoms with Crippen molar-refractivity contribution in [2.24, 2.45) is 11.8 Å². The van der Waals surface area contributed by atoms with E-state index in [9.17, 15) is 22.4 Å². The second-order valence-electron chi connectivity index (χ2n) is 5.62. The molecule has 0 bridgehead atoms. The second kappa shape index (κ2) is 8.20. The number of halogens is 1. The zero-order chi connectivity index (χ0) is 18.5. The minimum absolute atomic E-state index is 0.0513. The van der Waals surface area contributed by atoms with E-state index in [1.54, 1.807) is 0 Å². The van der Waals surface area contributed by atoms with Gasteiger partial charge in [0.05, 0.1) is 17.9 Å². The van der Waals surface area contributed by atoms with Gasteiger partial charge in [-0.05, 0) is 24.5 Å². The monoisotopic (exact) mass is 361 g/mol. The van der Waals surface area contributed by atoms with E-state index in [2.05, 4.69) is 9.46 Å². The molecule has 134 valence electrons. The number of carboxylic acid groups (broad SMARTS) is 1. The van der Waals surface area contributed by atoms with Crippen LogP contribution in [0.5, 0.6) is 0 Å². The van der Waals surface area contributed by atoms with Crippen molar-refractivity contribution in [2.45, 2.75) is 25.2 Å². The lowest BCUT2D eigenvalue weighted by Gasteiger charge is -2.16. The van der Waals surface area contributed by atoms with E-state index < -0.39 is 44.2 Å². The summed E-state index contributed by atoms with van der Waals surface area (Å²) in [6.07, 6.45) is 0.269. The van der Waals surface area contributed by atoms with E-state index in [-0.39, 0.29) is 18.9 Å². The number of aliphatic carboxylic acids is 1. The molecule has 0 aliphatic rings. The van der Waals surface area contributed by atoms with Crippen LogP contribution >= 0.6 is 0 Å². The van der Waals surface area contributed by atoms with Gasteiger partial charge in [0.25, 0.3) is 0 Å². The van der Waals surface area contributed by atoms with Crippen molar-refractivity contribution in [3.8, 4) is 0 Å². The lowest BCUT2D eigenvalue weighted by molar-refractivity contribution is -0.142. The highest BCUT2D eigenvalue weighted by molar-refractivity contribution is 7.89. The number of nitrogens with one attached hydrogen (secondary N) is 1. The van der Waals surface area contributed by atoms with Crippen LogP contribution in [0.4, 0.5) is 4.39 Å². The highest BCUT2D eigenvalue weighted by Gasteiger charge is 2.28. The number of carbonyl (C=O) groups excluding carboxylic acids is 1. The topological polar surface area (TPSA) is 110 Å². The molecule has 1 atom stereocenters. The van der Waals surface area contributed by atoms with Gasteiger partial charge in [-0.1, -0.05) is 19.9 Å². The Hall–Kier alpha value is -2.00. The van der Waals surface area contributed by atoms with Crippen LogP contribution in [0.2, 0.25) is 0 Å². The Morgan fingerprint density at radius 2 is 1.96 bits per heavy atom. The lowest BCUT2D eigenvalue weighted by Crippen LogP contribution is -2.34. The smallest absolute Gasteiger partial charge is 0.342 e. The molecule has 0 aliphatic carbocycles. The molecule has 1 rings (SSSR count). The third-order valence-corrected chi connectivity index (χ3v) is 4.75. The Morgan fingerprint density at radius 3 is 2.46 bits per heavy atom. The van der Waals surface area contributed by atoms with Gasteiger partial charge in [0.1, 0.15) is 11.4 Å². The highest BCUT2D eigenvalue weighted by Crippen LogP contribution is 2.20. The molecule has 9 heteroatoms. The molecule has 7 nitrogen and oxygen atoms in total. The largest absolute Gasteiger partial charge is 0.481 e. The van der Waals surface area contributed by atoms with Gasteiger partial charge in [0, 0.05) is 6.54 Å². The first-order valence-electron chi connectivity index (χ1n) is 7.19. The van der Waals surface area contributed by atoms with E-state index in [4.69, 9.17) is 5.11 Å².